The van der Waals surface area contributed by atoms with Crippen LogP contribution in [0.3, 0.4) is 0 Å². The second-order valence-corrected chi connectivity index (χ2v) is 6.69. The van der Waals surface area contributed by atoms with Crippen LogP contribution >= 0.6 is 0 Å². The van der Waals surface area contributed by atoms with Crippen molar-refractivity contribution in [3.05, 3.63) is 40.8 Å². The lowest BCUT2D eigenvalue weighted by Gasteiger charge is -2.36. The molecule has 1 saturated heterocycles. The zero-order valence-corrected chi connectivity index (χ0v) is 14.3. The monoisotopic (exact) mass is 329 g/mol. The first-order chi connectivity index (χ1) is 11.4. The van der Waals surface area contributed by atoms with Gasteiger partial charge in [0.25, 0.3) is 5.91 Å². The van der Waals surface area contributed by atoms with Crippen molar-refractivity contribution in [1.29, 1.82) is 0 Å². The molecule has 2 N–H and O–H groups in total. The smallest absolute Gasteiger partial charge is 0.262 e. The molecule has 128 valence electrons. The summed E-state index contributed by atoms with van der Waals surface area (Å²) in [6.07, 6.45) is 0.988. The van der Waals surface area contributed by atoms with Crippen LogP contribution in [-0.2, 0) is 9.59 Å². The van der Waals surface area contributed by atoms with Crippen LogP contribution in [0, 0.1) is 6.92 Å². The predicted octanol–water partition coefficient (Wildman–Crippen LogP) is 1.35. The Bertz CT molecular complexity index is 724. The van der Waals surface area contributed by atoms with E-state index in [1.54, 1.807) is 0 Å². The van der Waals surface area contributed by atoms with E-state index in [1.807, 2.05) is 44.1 Å². The number of nitrogens with two attached hydrogens (primary N) is 1. The normalized spacial score (nSPS) is 20.2. The number of hydrogen-bond donors (Lipinski definition) is 1. The van der Waals surface area contributed by atoms with Crippen molar-refractivity contribution >= 4 is 11.8 Å². The highest BCUT2D eigenvalue weighted by Gasteiger charge is 2.43. The van der Waals surface area contributed by atoms with Crippen LogP contribution in [0.25, 0.3) is 0 Å². The molecule has 0 aromatic heterocycles. The number of nitrogens with zero attached hydrogens (tertiary/aromatic N) is 2. The molecule has 2 amide bonds. The van der Waals surface area contributed by atoms with Gasteiger partial charge in [0.15, 0.2) is 5.88 Å². The van der Waals surface area contributed by atoms with Gasteiger partial charge in [0.1, 0.15) is 5.75 Å². The van der Waals surface area contributed by atoms with Crippen LogP contribution in [0.4, 0.5) is 0 Å². The lowest BCUT2D eigenvalue weighted by molar-refractivity contribution is -0.145. The summed E-state index contributed by atoms with van der Waals surface area (Å²) in [5.41, 5.74) is 8.34. The lowest BCUT2D eigenvalue weighted by Crippen LogP contribution is -2.47. The van der Waals surface area contributed by atoms with Gasteiger partial charge in [0, 0.05) is 24.4 Å². The Labute approximate surface area is 141 Å². The molecule has 3 rings (SSSR count). The zero-order chi connectivity index (χ0) is 17.4. The summed E-state index contributed by atoms with van der Waals surface area (Å²) in [5, 5.41) is 0. The van der Waals surface area contributed by atoms with E-state index in [4.69, 9.17) is 10.5 Å². The minimum Gasteiger partial charge on any atom is -0.441 e. The van der Waals surface area contributed by atoms with Crippen molar-refractivity contribution in [1.82, 2.24) is 9.80 Å². The molecule has 1 atom stereocenters. The Morgan fingerprint density at radius 2 is 2.08 bits per heavy atom. The molecule has 1 aromatic rings. The van der Waals surface area contributed by atoms with E-state index >= 15 is 0 Å². The Kier molecular flexibility index (Phi) is 4.32. The summed E-state index contributed by atoms with van der Waals surface area (Å²) >= 11 is 0. The van der Waals surface area contributed by atoms with Gasteiger partial charge in [-0.15, -0.1) is 0 Å². The van der Waals surface area contributed by atoms with Gasteiger partial charge in [-0.3, -0.25) is 14.5 Å². The highest BCUT2D eigenvalue weighted by atomic mass is 16.5. The van der Waals surface area contributed by atoms with Gasteiger partial charge in [0.05, 0.1) is 5.57 Å². The molecule has 0 aliphatic carbocycles. The van der Waals surface area contributed by atoms with Gasteiger partial charge in [-0.25, -0.2) is 0 Å². The Balaban J connectivity index is 1.88. The molecule has 0 spiro atoms. The van der Waals surface area contributed by atoms with Crippen LogP contribution in [0.15, 0.2) is 29.7 Å². The number of amides is 2. The minimum absolute atomic E-state index is 0.119. The first kappa shape index (κ1) is 16.5. The second kappa shape index (κ2) is 6.28. The number of carbonyl (C=O) groups excluding carboxylic acids is 2. The van der Waals surface area contributed by atoms with Crippen molar-refractivity contribution in [2.45, 2.75) is 25.7 Å². The predicted molar refractivity (Wildman–Crippen MR) is 90.3 cm³/mol. The van der Waals surface area contributed by atoms with Crippen molar-refractivity contribution in [3.8, 4) is 5.75 Å². The largest absolute Gasteiger partial charge is 0.441 e. The molecule has 6 nitrogen and oxygen atoms in total. The van der Waals surface area contributed by atoms with Crippen molar-refractivity contribution in [2.75, 3.05) is 27.2 Å². The maximum Gasteiger partial charge on any atom is 0.262 e. The van der Waals surface area contributed by atoms with E-state index in [1.165, 1.54) is 4.90 Å². The topological polar surface area (TPSA) is 75.9 Å². The number of carbonyl (C=O) groups is 2. The summed E-state index contributed by atoms with van der Waals surface area (Å²) in [6.45, 7) is 3.18. The molecule has 0 saturated carbocycles. The van der Waals surface area contributed by atoms with Gasteiger partial charge in [0.2, 0.25) is 5.91 Å². The molecule has 24 heavy (non-hydrogen) atoms. The fraction of sp³-hybridized carbons (Fsp3) is 0.444. The molecular formula is C18H23N3O3. The highest BCUT2D eigenvalue weighted by Crippen LogP contribution is 2.43. The molecule has 1 aromatic carbocycles. The van der Waals surface area contributed by atoms with E-state index in [9.17, 15) is 9.59 Å². The quantitative estimate of drug-likeness (QED) is 0.844. The number of ether oxygens (including phenoxy) is 1. The third kappa shape index (κ3) is 2.89. The van der Waals surface area contributed by atoms with E-state index in [0.717, 1.165) is 24.1 Å². The SMILES string of the molecule is Cc1ccc2c(c1)OC(N)=C1C(=O)N(CCCN(C)C)C(=O)CC12. The second-order valence-electron chi connectivity index (χ2n) is 6.69. The van der Waals surface area contributed by atoms with Crippen molar-refractivity contribution in [2.24, 2.45) is 5.73 Å². The number of benzene rings is 1. The first-order valence-electron chi connectivity index (χ1n) is 8.16. The van der Waals surface area contributed by atoms with E-state index in [-0.39, 0.29) is 30.0 Å². The van der Waals surface area contributed by atoms with E-state index in [2.05, 4.69) is 0 Å². The number of imide groups is 1. The molecule has 1 fully saturated rings. The fourth-order valence-corrected chi connectivity index (χ4v) is 3.30. The summed E-state index contributed by atoms with van der Waals surface area (Å²) < 4.78 is 5.67. The van der Waals surface area contributed by atoms with Gasteiger partial charge in [-0.1, -0.05) is 12.1 Å². The zero-order valence-electron chi connectivity index (χ0n) is 14.3. The van der Waals surface area contributed by atoms with Crippen LogP contribution in [0.5, 0.6) is 5.75 Å². The van der Waals surface area contributed by atoms with Gasteiger partial charge >= 0.3 is 0 Å². The lowest BCUT2D eigenvalue weighted by atomic mass is 9.82. The van der Waals surface area contributed by atoms with Crippen LogP contribution in [0.2, 0.25) is 0 Å². The Hall–Kier alpha value is -2.34. The average Bonchev–Trinajstić information content (AvgIpc) is 2.49. The Morgan fingerprint density at radius 1 is 1.33 bits per heavy atom. The number of hydrogen-bond acceptors (Lipinski definition) is 5. The number of piperidine rings is 1. The van der Waals surface area contributed by atoms with Gasteiger partial charge in [-0.2, -0.15) is 0 Å². The van der Waals surface area contributed by atoms with Gasteiger partial charge in [-0.05, 0) is 45.6 Å². The third-order valence-corrected chi connectivity index (χ3v) is 4.52. The molecule has 6 heteroatoms. The molecule has 0 bridgehead atoms. The van der Waals surface area contributed by atoms with E-state index < -0.39 is 0 Å². The molecule has 0 radical (unpaired) electrons. The van der Waals surface area contributed by atoms with Crippen LogP contribution < -0.4 is 10.5 Å². The summed E-state index contributed by atoms with van der Waals surface area (Å²) in [4.78, 5) is 28.6. The minimum atomic E-state index is -0.321. The summed E-state index contributed by atoms with van der Waals surface area (Å²) in [6, 6.07) is 5.77. The summed E-state index contributed by atoms with van der Waals surface area (Å²) in [5.74, 6) is -0.0111. The highest BCUT2D eigenvalue weighted by molar-refractivity contribution is 6.09. The van der Waals surface area contributed by atoms with Gasteiger partial charge < -0.3 is 15.4 Å². The maximum absolute atomic E-state index is 12.8. The number of likely N-dealkylation sites (tertiary alicyclic amines) is 1. The molecular weight excluding hydrogens is 306 g/mol. The third-order valence-electron chi connectivity index (χ3n) is 4.52. The first-order valence-corrected chi connectivity index (χ1v) is 8.16. The van der Waals surface area contributed by atoms with Crippen LogP contribution in [0.1, 0.15) is 29.9 Å². The number of fused-ring (bicyclic) bond motifs is 3. The standard InChI is InChI=1S/C18H23N3O3/c1-11-5-6-12-13-10-15(22)21(8-4-7-20(2)3)18(23)16(13)17(19)24-14(12)9-11/h5-6,9,13H,4,7-8,10,19H2,1-3H3. The van der Waals surface area contributed by atoms with Crippen LogP contribution in [-0.4, -0.2) is 48.8 Å². The summed E-state index contributed by atoms with van der Waals surface area (Å²) in [7, 11) is 3.93. The van der Waals surface area contributed by atoms with Crippen molar-refractivity contribution in [3.63, 3.8) is 0 Å². The number of rotatable bonds is 4. The molecule has 2 aliphatic rings. The molecule has 2 heterocycles. The van der Waals surface area contributed by atoms with Crippen molar-refractivity contribution < 1.29 is 14.3 Å². The molecule has 2 aliphatic heterocycles. The fourth-order valence-electron chi connectivity index (χ4n) is 3.30. The Morgan fingerprint density at radius 3 is 2.79 bits per heavy atom. The van der Waals surface area contributed by atoms with E-state index in [0.29, 0.717) is 17.9 Å². The molecule has 1 unspecified atom stereocenters. The maximum atomic E-state index is 12.8. The number of aryl methyl sites for hydroxylation is 1. The average molecular weight is 329 g/mol.